The number of amides is 1. The molecule has 1 amide bonds. The predicted octanol–water partition coefficient (Wildman–Crippen LogP) is 1.95. The van der Waals surface area contributed by atoms with E-state index in [1.54, 1.807) is 0 Å². The molecule has 1 aliphatic rings. The lowest BCUT2D eigenvalue weighted by molar-refractivity contribution is -0.121. The van der Waals surface area contributed by atoms with E-state index >= 15 is 0 Å². The molecule has 116 valence electrons. The first-order chi connectivity index (χ1) is 8.24. The van der Waals surface area contributed by atoms with Crippen molar-refractivity contribution in [3.8, 4) is 0 Å². The molecule has 19 heavy (non-hydrogen) atoms. The molecule has 1 saturated heterocycles. The van der Waals surface area contributed by atoms with Crippen LogP contribution in [-0.4, -0.2) is 43.0 Å². The van der Waals surface area contributed by atoms with Gasteiger partial charge in [0.05, 0.1) is 0 Å². The molecule has 0 spiro atoms. The van der Waals surface area contributed by atoms with Gasteiger partial charge in [0, 0.05) is 25.6 Å². The standard InChI is InChI=1S/C13H27N3O.2ClH/c1-12-6-2-3-10-16(12)11-5-9-15-13(17)7-4-8-14;;/h12H,2-11,14H2,1H3,(H,15,17);2*1H. The molecular formula is C13H29Cl2N3O. The number of hydrogen-bond donors (Lipinski definition) is 2. The minimum absolute atomic E-state index is 0. The summed E-state index contributed by atoms with van der Waals surface area (Å²) in [6, 6.07) is 0.719. The SMILES string of the molecule is CC1CCCCN1CCCNC(=O)CCCN.Cl.Cl. The Balaban J connectivity index is 0. The molecule has 1 atom stereocenters. The van der Waals surface area contributed by atoms with Crippen LogP contribution in [0.1, 0.15) is 45.4 Å². The first-order valence-electron chi connectivity index (χ1n) is 6.95. The van der Waals surface area contributed by atoms with E-state index < -0.39 is 0 Å². The van der Waals surface area contributed by atoms with Gasteiger partial charge in [-0.15, -0.1) is 24.8 Å². The summed E-state index contributed by atoms with van der Waals surface area (Å²) in [6.45, 7) is 6.03. The number of carbonyl (C=O) groups excluding carboxylic acids is 1. The molecule has 0 bridgehead atoms. The third-order valence-electron chi connectivity index (χ3n) is 3.49. The fourth-order valence-corrected chi connectivity index (χ4v) is 2.35. The van der Waals surface area contributed by atoms with Crippen molar-refractivity contribution in [1.29, 1.82) is 0 Å². The summed E-state index contributed by atoms with van der Waals surface area (Å²) in [6.07, 6.45) is 6.42. The fourth-order valence-electron chi connectivity index (χ4n) is 2.35. The Morgan fingerprint density at radius 2 is 2.05 bits per heavy atom. The van der Waals surface area contributed by atoms with Crippen LogP contribution < -0.4 is 11.1 Å². The Kier molecular flexibility index (Phi) is 14.5. The lowest BCUT2D eigenvalue weighted by Gasteiger charge is -2.33. The number of likely N-dealkylation sites (tertiary alicyclic amines) is 1. The Labute approximate surface area is 129 Å². The van der Waals surface area contributed by atoms with E-state index in [-0.39, 0.29) is 30.7 Å². The minimum atomic E-state index is 0. The highest BCUT2D eigenvalue weighted by molar-refractivity contribution is 5.85. The summed E-state index contributed by atoms with van der Waals surface area (Å²) < 4.78 is 0. The van der Waals surface area contributed by atoms with Gasteiger partial charge >= 0.3 is 0 Å². The molecule has 0 aromatic carbocycles. The van der Waals surface area contributed by atoms with E-state index in [1.165, 1.54) is 25.8 Å². The first kappa shape index (κ1) is 21.3. The van der Waals surface area contributed by atoms with Crippen molar-refractivity contribution in [3.05, 3.63) is 0 Å². The van der Waals surface area contributed by atoms with Gasteiger partial charge in [-0.05, 0) is 45.7 Å². The fraction of sp³-hybridized carbons (Fsp3) is 0.923. The maximum atomic E-state index is 11.3. The van der Waals surface area contributed by atoms with Crippen molar-refractivity contribution in [1.82, 2.24) is 10.2 Å². The average Bonchev–Trinajstić information content (AvgIpc) is 2.34. The molecule has 0 aromatic heterocycles. The monoisotopic (exact) mass is 313 g/mol. The van der Waals surface area contributed by atoms with Crippen molar-refractivity contribution in [2.45, 2.75) is 51.5 Å². The average molecular weight is 314 g/mol. The Bertz CT molecular complexity index is 230. The Hall–Kier alpha value is -0.0300. The van der Waals surface area contributed by atoms with Gasteiger partial charge in [0.15, 0.2) is 0 Å². The number of nitrogens with two attached hydrogens (primary N) is 1. The second kappa shape index (κ2) is 13.0. The van der Waals surface area contributed by atoms with Crippen LogP contribution >= 0.6 is 24.8 Å². The van der Waals surface area contributed by atoms with Gasteiger partial charge in [-0.25, -0.2) is 0 Å². The van der Waals surface area contributed by atoms with E-state index in [0.717, 1.165) is 32.0 Å². The van der Waals surface area contributed by atoms with Crippen molar-refractivity contribution < 1.29 is 4.79 Å². The minimum Gasteiger partial charge on any atom is -0.356 e. The number of nitrogens with one attached hydrogen (secondary N) is 1. The molecule has 0 aromatic rings. The Morgan fingerprint density at radius 1 is 1.32 bits per heavy atom. The number of rotatable bonds is 7. The zero-order chi connectivity index (χ0) is 12.5. The normalized spacial score (nSPS) is 19.2. The number of nitrogens with zero attached hydrogens (tertiary/aromatic N) is 1. The molecule has 0 radical (unpaired) electrons. The third-order valence-corrected chi connectivity index (χ3v) is 3.49. The van der Waals surface area contributed by atoms with Gasteiger partial charge < -0.3 is 16.0 Å². The van der Waals surface area contributed by atoms with Crippen molar-refractivity contribution in [2.24, 2.45) is 5.73 Å². The van der Waals surface area contributed by atoms with Crippen LogP contribution in [0.4, 0.5) is 0 Å². The van der Waals surface area contributed by atoms with Crippen LogP contribution in [0.25, 0.3) is 0 Å². The second-order valence-electron chi connectivity index (χ2n) is 4.98. The van der Waals surface area contributed by atoms with Crippen LogP contribution in [0.5, 0.6) is 0 Å². The smallest absolute Gasteiger partial charge is 0.220 e. The van der Waals surface area contributed by atoms with Crippen LogP contribution in [0.2, 0.25) is 0 Å². The summed E-state index contributed by atoms with van der Waals surface area (Å²) >= 11 is 0. The van der Waals surface area contributed by atoms with Gasteiger partial charge in [-0.3, -0.25) is 4.79 Å². The lowest BCUT2D eigenvalue weighted by atomic mass is 10.0. The predicted molar refractivity (Wildman–Crippen MR) is 85.3 cm³/mol. The maximum Gasteiger partial charge on any atom is 0.220 e. The summed E-state index contributed by atoms with van der Waals surface area (Å²) in [4.78, 5) is 13.9. The Morgan fingerprint density at radius 3 is 2.68 bits per heavy atom. The van der Waals surface area contributed by atoms with E-state index in [9.17, 15) is 4.79 Å². The summed E-state index contributed by atoms with van der Waals surface area (Å²) in [7, 11) is 0. The molecule has 6 heteroatoms. The van der Waals surface area contributed by atoms with Crippen molar-refractivity contribution >= 4 is 30.7 Å². The molecule has 4 nitrogen and oxygen atoms in total. The molecule has 1 unspecified atom stereocenters. The topological polar surface area (TPSA) is 58.4 Å². The number of hydrogen-bond acceptors (Lipinski definition) is 3. The first-order valence-corrected chi connectivity index (χ1v) is 6.95. The van der Waals surface area contributed by atoms with E-state index in [4.69, 9.17) is 5.73 Å². The zero-order valence-electron chi connectivity index (χ0n) is 11.9. The van der Waals surface area contributed by atoms with E-state index in [2.05, 4.69) is 17.1 Å². The maximum absolute atomic E-state index is 11.3. The molecule has 3 N–H and O–H groups in total. The number of halogens is 2. The van der Waals surface area contributed by atoms with Gasteiger partial charge in [0.1, 0.15) is 0 Å². The highest BCUT2D eigenvalue weighted by atomic mass is 35.5. The third kappa shape index (κ3) is 9.50. The van der Waals surface area contributed by atoms with Crippen LogP contribution in [0, 0.1) is 0 Å². The van der Waals surface area contributed by atoms with Gasteiger partial charge in [-0.1, -0.05) is 6.42 Å². The van der Waals surface area contributed by atoms with Gasteiger partial charge in [0.25, 0.3) is 0 Å². The molecule has 1 heterocycles. The molecule has 1 aliphatic heterocycles. The number of carbonyl (C=O) groups is 1. The highest BCUT2D eigenvalue weighted by Crippen LogP contribution is 2.15. The summed E-state index contributed by atoms with van der Waals surface area (Å²) in [5.74, 6) is 0.141. The summed E-state index contributed by atoms with van der Waals surface area (Å²) in [5, 5.41) is 2.95. The van der Waals surface area contributed by atoms with Gasteiger partial charge in [-0.2, -0.15) is 0 Å². The molecule has 0 saturated carbocycles. The molecule has 0 aliphatic carbocycles. The molecular weight excluding hydrogens is 285 g/mol. The van der Waals surface area contributed by atoms with Crippen LogP contribution in [0.15, 0.2) is 0 Å². The quantitative estimate of drug-likeness (QED) is 0.706. The molecule has 1 fully saturated rings. The van der Waals surface area contributed by atoms with Crippen LogP contribution in [-0.2, 0) is 4.79 Å². The largest absolute Gasteiger partial charge is 0.356 e. The highest BCUT2D eigenvalue weighted by Gasteiger charge is 2.17. The molecule has 1 rings (SSSR count). The summed E-state index contributed by atoms with van der Waals surface area (Å²) in [5.41, 5.74) is 5.36. The van der Waals surface area contributed by atoms with Gasteiger partial charge in [0.2, 0.25) is 5.91 Å². The van der Waals surface area contributed by atoms with E-state index in [1.807, 2.05) is 0 Å². The van der Waals surface area contributed by atoms with Crippen molar-refractivity contribution in [2.75, 3.05) is 26.2 Å². The van der Waals surface area contributed by atoms with E-state index in [0.29, 0.717) is 13.0 Å². The second-order valence-corrected chi connectivity index (χ2v) is 4.98. The van der Waals surface area contributed by atoms with Crippen LogP contribution in [0.3, 0.4) is 0 Å². The zero-order valence-corrected chi connectivity index (χ0v) is 13.5. The van der Waals surface area contributed by atoms with Crippen molar-refractivity contribution in [3.63, 3.8) is 0 Å². The number of piperidine rings is 1. The lowest BCUT2D eigenvalue weighted by Crippen LogP contribution is -2.39.